The Hall–Kier alpha value is -0.570. The molecule has 1 heterocycles. The normalized spacial score (nSPS) is 35.7. The smallest absolute Gasteiger partial charge is 0.310 e. The molecule has 0 aromatic rings. The van der Waals surface area contributed by atoms with E-state index in [9.17, 15) is 4.79 Å². The quantitative estimate of drug-likeness (QED) is 0.705. The van der Waals surface area contributed by atoms with Gasteiger partial charge in [-0.1, -0.05) is 12.8 Å². The van der Waals surface area contributed by atoms with E-state index in [0.717, 1.165) is 13.1 Å². The number of piperidine rings is 1. The summed E-state index contributed by atoms with van der Waals surface area (Å²) in [5.74, 6) is 1.42. The first-order valence-electron chi connectivity index (χ1n) is 6.20. The summed E-state index contributed by atoms with van der Waals surface area (Å²) in [6.45, 7) is 4.31. The summed E-state index contributed by atoms with van der Waals surface area (Å²) in [6, 6.07) is 0. The summed E-state index contributed by atoms with van der Waals surface area (Å²) in [7, 11) is 0. The molecule has 0 bridgehead atoms. The van der Waals surface area contributed by atoms with Gasteiger partial charge in [-0.3, -0.25) is 4.79 Å². The Balaban J connectivity index is 2.00. The van der Waals surface area contributed by atoms with Crippen molar-refractivity contribution < 1.29 is 9.53 Å². The molecule has 3 atom stereocenters. The zero-order valence-electron chi connectivity index (χ0n) is 9.50. The Morgan fingerprint density at radius 1 is 1.33 bits per heavy atom. The largest absolute Gasteiger partial charge is 0.466 e. The average molecular weight is 211 g/mol. The highest BCUT2D eigenvalue weighted by molar-refractivity contribution is 5.73. The van der Waals surface area contributed by atoms with Crippen LogP contribution in [-0.2, 0) is 9.53 Å². The van der Waals surface area contributed by atoms with Gasteiger partial charge >= 0.3 is 5.97 Å². The van der Waals surface area contributed by atoms with Crippen LogP contribution in [0.25, 0.3) is 0 Å². The van der Waals surface area contributed by atoms with Crippen LogP contribution >= 0.6 is 0 Å². The summed E-state index contributed by atoms with van der Waals surface area (Å²) >= 11 is 0. The van der Waals surface area contributed by atoms with Gasteiger partial charge in [0.25, 0.3) is 0 Å². The number of carbonyl (C=O) groups excluding carboxylic acids is 1. The molecule has 86 valence electrons. The Labute approximate surface area is 91.6 Å². The van der Waals surface area contributed by atoms with Crippen LogP contribution in [0.1, 0.15) is 32.6 Å². The van der Waals surface area contributed by atoms with Crippen LogP contribution in [0, 0.1) is 17.8 Å². The van der Waals surface area contributed by atoms with Crippen LogP contribution in [-0.4, -0.2) is 25.7 Å². The maximum Gasteiger partial charge on any atom is 0.310 e. The van der Waals surface area contributed by atoms with Gasteiger partial charge in [-0.15, -0.1) is 0 Å². The fraction of sp³-hybridized carbons (Fsp3) is 0.917. The Morgan fingerprint density at radius 2 is 2.13 bits per heavy atom. The van der Waals surface area contributed by atoms with Crippen LogP contribution in [0.2, 0.25) is 0 Å². The standard InChI is InChI=1S/C12H21NO2/c1-2-15-12(14)11-8-13-7-9-5-3-4-6-10(9)11/h9-11,13H,2-8H2,1H3/t9-,10?,11?/m0/s1. The summed E-state index contributed by atoms with van der Waals surface area (Å²) in [6.07, 6.45) is 5.12. The second-order valence-electron chi connectivity index (χ2n) is 4.73. The highest BCUT2D eigenvalue weighted by Crippen LogP contribution is 2.37. The average Bonchev–Trinajstić information content (AvgIpc) is 2.28. The molecule has 1 saturated carbocycles. The van der Waals surface area contributed by atoms with E-state index in [0.29, 0.717) is 18.4 Å². The molecule has 15 heavy (non-hydrogen) atoms. The molecule has 2 rings (SSSR count). The van der Waals surface area contributed by atoms with Gasteiger partial charge in [0, 0.05) is 6.54 Å². The van der Waals surface area contributed by atoms with Crippen molar-refractivity contribution in [2.24, 2.45) is 17.8 Å². The van der Waals surface area contributed by atoms with Gasteiger partial charge in [0.2, 0.25) is 0 Å². The fourth-order valence-corrected chi connectivity index (χ4v) is 3.10. The van der Waals surface area contributed by atoms with Crippen LogP contribution in [0.3, 0.4) is 0 Å². The number of rotatable bonds is 2. The zero-order chi connectivity index (χ0) is 10.7. The third-order valence-electron chi connectivity index (χ3n) is 3.84. The maximum absolute atomic E-state index is 11.8. The van der Waals surface area contributed by atoms with E-state index < -0.39 is 0 Å². The molecule has 0 radical (unpaired) electrons. The van der Waals surface area contributed by atoms with Crippen LogP contribution < -0.4 is 5.32 Å². The minimum atomic E-state index is 0.0154. The first-order chi connectivity index (χ1) is 7.33. The second-order valence-corrected chi connectivity index (χ2v) is 4.73. The van der Waals surface area contributed by atoms with Gasteiger partial charge in [0.1, 0.15) is 0 Å². The minimum absolute atomic E-state index is 0.0154. The molecule has 1 saturated heterocycles. The predicted octanol–water partition coefficient (Wildman–Crippen LogP) is 1.58. The molecule has 1 aliphatic heterocycles. The number of nitrogens with one attached hydrogen (secondary N) is 1. The monoisotopic (exact) mass is 211 g/mol. The fourth-order valence-electron chi connectivity index (χ4n) is 3.10. The van der Waals surface area contributed by atoms with Gasteiger partial charge in [0.15, 0.2) is 0 Å². The minimum Gasteiger partial charge on any atom is -0.466 e. The summed E-state index contributed by atoms with van der Waals surface area (Å²) in [5.41, 5.74) is 0. The number of carbonyl (C=O) groups is 1. The van der Waals surface area contributed by atoms with Crippen molar-refractivity contribution in [3.63, 3.8) is 0 Å². The molecule has 0 aromatic carbocycles. The molecule has 3 heteroatoms. The molecular formula is C12H21NO2. The Bertz CT molecular complexity index is 228. The summed E-state index contributed by atoms with van der Waals surface area (Å²) in [5, 5.41) is 3.37. The first kappa shape index (κ1) is 10.9. The molecule has 3 nitrogen and oxygen atoms in total. The van der Waals surface area contributed by atoms with Crippen molar-refractivity contribution in [1.29, 1.82) is 0 Å². The van der Waals surface area contributed by atoms with Crippen molar-refractivity contribution in [3.05, 3.63) is 0 Å². The van der Waals surface area contributed by atoms with Crippen molar-refractivity contribution >= 4 is 5.97 Å². The van der Waals surface area contributed by atoms with Crippen molar-refractivity contribution in [2.75, 3.05) is 19.7 Å². The van der Waals surface area contributed by atoms with Crippen molar-refractivity contribution in [1.82, 2.24) is 5.32 Å². The highest BCUT2D eigenvalue weighted by atomic mass is 16.5. The van der Waals surface area contributed by atoms with Gasteiger partial charge in [-0.2, -0.15) is 0 Å². The highest BCUT2D eigenvalue weighted by Gasteiger charge is 2.39. The molecule has 1 N–H and O–H groups in total. The van der Waals surface area contributed by atoms with E-state index in [2.05, 4.69) is 5.32 Å². The number of hydrogen-bond acceptors (Lipinski definition) is 3. The van der Waals surface area contributed by atoms with Crippen molar-refractivity contribution in [2.45, 2.75) is 32.6 Å². The van der Waals surface area contributed by atoms with Crippen LogP contribution in [0.15, 0.2) is 0 Å². The van der Waals surface area contributed by atoms with E-state index >= 15 is 0 Å². The lowest BCUT2D eigenvalue weighted by molar-refractivity contribution is -0.152. The third-order valence-corrected chi connectivity index (χ3v) is 3.84. The lowest BCUT2D eigenvalue weighted by Gasteiger charge is -2.40. The summed E-state index contributed by atoms with van der Waals surface area (Å²) in [4.78, 5) is 11.8. The molecule has 2 aliphatic rings. The van der Waals surface area contributed by atoms with E-state index in [4.69, 9.17) is 4.74 Å². The van der Waals surface area contributed by atoms with E-state index in [1.165, 1.54) is 25.7 Å². The Morgan fingerprint density at radius 3 is 2.93 bits per heavy atom. The molecule has 0 amide bonds. The van der Waals surface area contributed by atoms with E-state index in [-0.39, 0.29) is 11.9 Å². The Kier molecular flexibility index (Phi) is 3.62. The number of hydrogen-bond donors (Lipinski definition) is 1. The van der Waals surface area contributed by atoms with Gasteiger partial charge in [0.05, 0.1) is 12.5 Å². The number of ether oxygens (including phenoxy) is 1. The number of esters is 1. The molecule has 0 spiro atoms. The van der Waals surface area contributed by atoms with Crippen LogP contribution in [0.4, 0.5) is 0 Å². The maximum atomic E-state index is 11.8. The van der Waals surface area contributed by atoms with Gasteiger partial charge in [-0.25, -0.2) is 0 Å². The van der Waals surface area contributed by atoms with E-state index in [1.54, 1.807) is 0 Å². The van der Waals surface area contributed by atoms with E-state index in [1.807, 2.05) is 6.92 Å². The topological polar surface area (TPSA) is 38.3 Å². The first-order valence-corrected chi connectivity index (χ1v) is 6.20. The third kappa shape index (κ3) is 2.33. The SMILES string of the molecule is CCOC(=O)C1CNC[C@@H]2CCCCC12. The lowest BCUT2D eigenvalue weighted by Crippen LogP contribution is -2.48. The molecule has 0 aromatic heterocycles. The van der Waals surface area contributed by atoms with Gasteiger partial charge < -0.3 is 10.1 Å². The molecule has 2 fully saturated rings. The molecule has 1 aliphatic carbocycles. The lowest BCUT2D eigenvalue weighted by atomic mass is 9.70. The predicted molar refractivity (Wildman–Crippen MR) is 58.4 cm³/mol. The zero-order valence-corrected chi connectivity index (χ0v) is 9.50. The molecular weight excluding hydrogens is 190 g/mol. The van der Waals surface area contributed by atoms with Gasteiger partial charge in [-0.05, 0) is 38.1 Å². The number of fused-ring (bicyclic) bond motifs is 1. The summed E-state index contributed by atoms with van der Waals surface area (Å²) < 4.78 is 5.15. The molecule has 2 unspecified atom stereocenters. The second kappa shape index (κ2) is 4.97. The van der Waals surface area contributed by atoms with Crippen LogP contribution in [0.5, 0.6) is 0 Å². The van der Waals surface area contributed by atoms with Crippen molar-refractivity contribution in [3.8, 4) is 0 Å².